The maximum Gasteiger partial charge on any atom is 0.259 e. The molecule has 0 bridgehead atoms. The zero-order valence-corrected chi connectivity index (χ0v) is 12.2. The first kappa shape index (κ1) is 13.5. The monoisotopic (exact) mass is 298 g/mol. The molecule has 3 aromatic rings. The van der Waals surface area contributed by atoms with Crippen LogP contribution in [-0.4, -0.2) is 13.0 Å². The summed E-state index contributed by atoms with van der Waals surface area (Å²) in [6.45, 7) is 0. The van der Waals surface area contributed by atoms with Gasteiger partial charge in [0.15, 0.2) is 0 Å². The summed E-state index contributed by atoms with van der Waals surface area (Å²) < 4.78 is 6.40. The van der Waals surface area contributed by atoms with Crippen LogP contribution in [-0.2, 0) is 0 Å². The zero-order valence-electron chi connectivity index (χ0n) is 11.4. The predicted molar refractivity (Wildman–Crippen MR) is 87.2 cm³/mol. The van der Waals surface area contributed by atoms with Crippen LogP contribution in [0.2, 0.25) is 0 Å². The van der Waals surface area contributed by atoms with Crippen molar-refractivity contribution in [2.24, 2.45) is 0 Å². The molecule has 0 fully saturated rings. The second-order valence-corrected chi connectivity index (χ2v) is 5.53. The molecule has 4 nitrogen and oxygen atoms in total. The maximum atomic E-state index is 12.4. The van der Waals surface area contributed by atoms with Gasteiger partial charge in [0.25, 0.3) is 5.91 Å². The van der Waals surface area contributed by atoms with Gasteiger partial charge in [-0.3, -0.25) is 4.79 Å². The van der Waals surface area contributed by atoms with Crippen molar-refractivity contribution < 1.29 is 9.53 Å². The molecule has 0 atom stereocenters. The van der Waals surface area contributed by atoms with E-state index in [0.717, 1.165) is 11.1 Å². The van der Waals surface area contributed by atoms with Crippen molar-refractivity contribution in [2.75, 3.05) is 18.2 Å². The highest BCUT2D eigenvalue weighted by Gasteiger charge is 2.13. The van der Waals surface area contributed by atoms with Gasteiger partial charge in [-0.05, 0) is 47.2 Å². The first-order valence-electron chi connectivity index (χ1n) is 6.39. The summed E-state index contributed by atoms with van der Waals surface area (Å²) >= 11 is 1.67. The number of carbonyl (C=O) groups is 1. The molecule has 0 aliphatic heterocycles. The number of thiophene rings is 1. The number of ether oxygens (including phenoxy) is 1. The number of hydrogen-bond donors (Lipinski definition) is 2. The first-order chi connectivity index (χ1) is 10.2. The highest BCUT2D eigenvalue weighted by molar-refractivity contribution is 7.17. The molecule has 1 aromatic heterocycles. The van der Waals surface area contributed by atoms with Gasteiger partial charge in [-0.2, -0.15) is 0 Å². The Morgan fingerprint density at radius 2 is 2.05 bits per heavy atom. The van der Waals surface area contributed by atoms with E-state index in [-0.39, 0.29) is 5.91 Å². The van der Waals surface area contributed by atoms with Crippen LogP contribution in [0.15, 0.2) is 47.8 Å². The summed E-state index contributed by atoms with van der Waals surface area (Å²) in [5, 5.41) is 6.02. The molecule has 0 aliphatic rings. The van der Waals surface area contributed by atoms with E-state index in [1.165, 1.54) is 11.8 Å². The molecule has 0 saturated heterocycles. The Morgan fingerprint density at radius 1 is 1.19 bits per heavy atom. The number of anilines is 2. The quantitative estimate of drug-likeness (QED) is 0.724. The highest BCUT2D eigenvalue weighted by atomic mass is 32.1. The van der Waals surface area contributed by atoms with Gasteiger partial charge in [-0.15, -0.1) is 11.3 Å². The van der Waals surface area contributed by atoms with E-state index >= 15 is 0 Å². The molecule has 0 aliphatic carbocycles. The van der Waals surface area contributed by atoms with E-state index in [2.05, 4.69) is 5.32 Å². The fraction of sp³-hybridized carbons (Fsp3) is 0.0625. The zero-order chi connectivity index (χ0) is 14.8. The van der Waals surface area contributed by atoms with Crippen LogP contribution >= 0.6 is 11.3 Å². The SMILES string of the molecule is COc1cc(N)ccc1C(=O)Nc1ccc2sccc2c1. The van der Waals surface area contributed by atoms with Gasteiger partial charge in [0.2, 0.25) is 0 Å². The van der Waals surface area contributed by atoms with Gasteiger partial charge < -0.3 is 15.8 Å². The Morgan fingerprint density at radius 3 is 2.86 bits per heavy atom. The van der Waals surface area contributed by atoms with Crippen molar-refractivity contribution in [1.82, 2.24) is 0 Å². The van der Waals surface area contributed by atoms with Gasteiger partial charge >= 0.3 is 0 Å². The first-order valence-corrected chi connectivity index (χ1v) is 7.27. The molecule has 0 saturated carbocycles. The molecule has 1 heterocycles. The molecule has 106 valence electrons. The van der Waals surface area contributed by atoms with Crippen LogP contribution in [0.5, 0.6) is 5.75 Å². The number of fused-ring (bicyclic) bond motifs is 1. The third kappa shape index (κ3) is 2.68. The van der Waals surface area contributed by atoms with Crippen molar-refractivity contribution in [3.8, 4) is 5.75 Å². The Hall–Kier alpha value is -2.53. The molecule has 5 heteroatoms. The van der Waals surface area contributed by atoms with Gasteiger partial charge in [-0.1, -0.05) is 0 Å². The second-order valence-electron chi connectivity index (χ2n) is 4.59. The van der Waals surface area contributed by atoms with Crippen LogP contribution in [0.3, 0.4) is 0 Å². The molecular formula is C16H14N2O2S. The fourth-order valence-electron chi connectivity index (χ4n) is 2.14. The smallest absolute Gasteiger partial charge is 0.259 e. The van der Waals surface area contributed by atoms with Crippen LogP contribution in [0.1, 0.15) is 10.4 Å². The van der Waals surface area contributed by atoms with E-state index in [1.807, 2.05) is 29.6 Å². The number of hydrogen-bond acceptors (Lipinski definition) is 4. The van der Waals surface area contributed by atoms with Crippen molar-refractivity contribution in [1.29, 1.82) is 0 Å². The summed E-state index contributed by atoms with van der Waals surface area (Å²) in [6.07, 6.45) is 0. The number of carbonyl (C=O) groups excluding carboxylic acids is 1. The summed E-state index contributed by atoms with van der Waals surface area (Å²) in [7, 11) is 1.52. The lowest BCUT2D eigenvalue weighted by Crippen LogP contribution is -2.13. The fourth-order valence-corrected chi connectivity index (χ4v) is 2.91. The third-order valence-electron chi connectivity index (χ3n) is 3.18. The van der Waals surface area contributed by atoms with Crippen LogP contribution < -0.4 is 15.8 Å². The Kier molecular flexibility index (Phi) is 3.50. The van der Waals surface area contributed by atoms with Crippen molar-refractivity contribution in [3.05, 3.63) is 53.4 Å². The summed E-state index contributed by atoms with van der Waals surface area (Å²) in [4.78, 5) is 12.4. The van der Waals surface area contributed by atoms with E-state index in [9.17, 15) is 4.79 Å². The lowest BCUT2D eigenvalue weighted by Gasteiger charge is -2.10. The average Bonchev–Trinajstić information content (AvgIpc) is 2.94. The highest BCUT2D eigenvalue weighted by Crippen LogP contribution is 2.26. The van der Waals surface area contributed by atoms with E-state index in [0.29, 0.717) is 17.0 Å². The minimum atomic E-state index is -0.221. The predicted octanol–water partition coefficient (Wildman–Crippen LogP) is 3.74. The Balaban J connectivity index is 1.88. The number of nitrogens with two attached hydrogens (primary N) is 1. The van der Waals surface area contributed by atoms with Gasteiger partial charge in [-0.25, -0.2) is 0 Å². The van der Waals surface area contributed by atoms with Crippen molar-refractivity contribution in [3.63, 3.8) is 0 Å². The lowest BCUT2D eigenvalue weighted by atomic mass is 10.1. The molecular weight excluding hydrogens is 284 g/mol. The van der Waals surface area contributed by atoms with Gasteiger partial charge in [0.1, 0.15) is 5.75 Å². The third-order valence-corrected chi connectivity index (χ3v) is 4.08. The Bertz CT molecular complexity index is 811. The normalized spacial score (nSPS) is 10.5. The molecule has 0 radical (unpaired) electrons. The molecule has 3 N–H and O–H groups in total. The van der Waals surface area contributed by atoms with E-state index in [1.54, 1.807) is 29.5 Å². The summed E-state index contributed by atoms with van der Waals surface area (Å²) in [6, 6.07) is 12.8. The van der Waals surface area contributed by atoms with E-state index < -0.39 is 0 Å². The van der Waals surface area contributed by atoms with Gasteiger partial charge in [0, 0.05) is 22.1 Å². The van der Waals surface area contributed by atoms with Gasteiger partial charge in [0.05, 0.1) is 12.7 Å². The largest absolute Gasteiger partial charge is 0.496 e. The van der Waals surface area contributed by atoms with Crippen LogP contribution in [0.4, 0.5) is 11.4 Å². The van der Waals surface area contributed by atoms with Crippen LogP contribution in [0, 0.1) is 0 Å². The summed E-state index contributed by atoms with van der Waals surface area (Å²) in [5.74, 6) is 0.241. The molecule has 1 amide bonds. The second kappa shape index (κ2) is 5.46. The molecule has 0 unspecified atom stereocenters. The number of nitrogen functional groups attached to an aromatic ring is 1. The Labute approximate surface area is 126 Å². The standard InChI is InChI=1S/C16H14N2O2S/c1-20-14-9-11(17)2-4-13(14)16(19)18-12-3-5-15-10(8-12)6-7-21-15/h2-9H,17H2,1H3,(H,18,19). The summed E-state index contributed by atoms with van der Waals surface area (Å²) in [5.41, 5.74) is 7.46. The minimum Gasteiger partial charge on any atom is -0.496 e. The van der Waals surface area contributed by atoms with Crippen molar-refractivity contribution in [2.45, 2.75) is 0 Å². The average molecular weight is 298 g/mol. The maximum absolute atomic E-state index is 12.4. The minimum absolute atomic E-state index is 0.221. The number of amides is 1. The molecule has 2 aromatic carbocycles. The molecule has 21 heavy (non-hydrogen) atoms. The van der Waals surface area contributed by atoms with Crippen LogP contribution in [0.25, 0.3) is 10.1 Å². The molecule has 3 rings (SSSR count). The molecule has 0 spiro atoms. The number of nitrogens with one attached hydrogen (secondary N) is 1. The number of methoxy groups -OCH3 is 1. The number of rotatable bonds is 3. The lowest BCUT2D eigenvalue weighted by molar-refractivity contribution is 0.102. The van der Waals surface area contributed by atoms with Crippen molar-refractivity contribution >= 4 is 38.7 Å². The number of benzene rings is 2. The van der Waals surface area contributed by atoms with E-state index in [4.69, 9.17) is 10.5 Å². The topological polar surface area (TPSA) is 64.3 Å².